The summed E-state index contributed by atoms with van der Waals surface area (Å²) in [5.41, 5.74) is 0. The van der Waals surface area contributed by atoms with Crippen LogP contribution in [0.15, 0.2) is 36.5 Å². The third kappa shape index (κ3) is 34.9. The lowest BCUT2D eigenvalue weighted by Gasteiger charge is -2.25. The van der Waals surface area contributed by atoms with Crippen LogP contribution in [0.5, 0.6) is 0 Å². The Bertz CT molecular complexity index is 902. The van der Waals surface area contributed by atoms with Crippen molar-refractivity contribution in [2.75, 3.05) is 40.9 Å². The molecule has 0 heterocycles. The molecule has 1 amide bonds. The van der Waals surface area contributed by atoms with Gasteiger partial charge in [0.05, 0.1) is 39.9 Å². The number of amides is 1. The van der Waals surface area contributed by atoms with E-state index in [-0.39, 0.29) is 19.1 Å². The molecule has 49 heavy (non-hydrogen) atoms. The van der Waals surface area contributed by atoms with E-state index in [1.807, 2.05) is 27.2 Å². The molecule has 288 valence electrons. The molecule has 0 saturated heterocycles. The molecule has 0 aromatic carbocycles. The molecule has 3 N–H and O–H groups in total. The molecule has 0 spiro atoms. The van der Waals surface area contributed by atoms with Crippen molar-refractivity contribution in [3.05, 3.63) is 36.5 Å². The van der Waals surface area contributed by atoms with Gasteiger partial charge in [-0.2, -0.15) is 0 Å². The molecular weight excluding hydrogens is 635 g/mol. The van der Waals surface area contributed by atoms with Crippen LogP contribution < -0.4 is 5.32 Å². The molecule has 0 fully saturated rings. The van der Waals surface area contributed by atoms with Gasteiger partial charge in [0.2, 0.25) is 5.91 Å². The zero-order valence-corrected chi connectivity index (χ0v) is 33.3. The number of allylic oxidation sites excluding steroid dienone is 5. The van der Waals surface area contributed by atoms with Crippen LogP contribution in [-0.2, 0) is 18.4 Å². The highest BCUT2D eigenvalue weighted by Gasteiger charge is 2.27. The summed E-state index contributed by atoms with van der Waals surface area (Å²) in [6.45, 7) is 4.72. The van der Waals surface area contributed by atoms with Gasteiger partial charge in [-0.1, -0.05) is 140 Å². The lowest BCUT2D eigenvalue weighted by atomic mass is 10.1. The van der Waals surface area contributed by atoms with E-state index in [4.69, 9.17) is 9.05 Å². The molecule has 3 atom stereocenters. The molecule has 0 aliphatic heterocycles. The number of nitrogens with zero attached hydrogens (tertiary/aromatic N) is 1. The van der Waals surface area contributed by atoms with E-state index in [1.165, 1.54) is 89.9 Å². The largest absolute Gasteiger partial charge is 0.472 e. The Balaban J connectivity index is 4.57. The highest BCUT2D eigenvalue weighted by molar-refractivity contribution is 7.47. The summed E-state index contributed by atoms with van der Waals surface area (Å²) < 4.78 is 23.4. The minimum absolute atomic E-state index is 0.0542. The van der Waals surface area contributed by atoms with Crippen molar-refractivity contribution >= 4 is 13.7 Å². The Morgan fingerprint density at radius 3 is 1.69 bits per heavy atom. The fourth-order valence-corrected chi connectivity index (χ4v) is 6.07. The van der Waals surface area contributed by atoms with Crippen LogP contribution in [0, 0.1) is 0 Å². The lowest BCUT2D eigenvalue weighted by Crippen LogP contribution is -2.45. The van der Waals surface area contributed by atoms with Crippen molar-refractivity contribution < 1.29 is 32.9 Å². The molecule has 3 unspecified atom stereocenters. The van der Waals surface area contributed by atoms with E-state index in [0.29, 0.717) is 17.4 Å². The van der Waals surface area contributed by atoms with Gasteiger partial charge in [0.15, 0.2) is 0 Å². The summed E-state index contributed by atoms with van der Waals surface area (Å²) in [5.74, 6) is -0.200. The first-order chi connectivity index (χ1) is 23.5. The highest BCUT2D eigenvalue weighted by Crippen LogP contribution is 2.43. The zero-order chi connectivity index (χ0) is 36.5. The van der Waals surface area contributed by atoms with Crippen LogP contribution in [0.25, 0.3) is 0 Å². The minimum Gasteiger partial charge on any atom is -0.387 e. The van der Waals surface area contributed by atoms with Crippen LogP contribution in [-0.4, -0.2) is 73.4 Å². The molecule has 0 aliphatic carbocycles. The van der Waals surface area contributed by atoms with Crippen molar-refractivity contribution in [2.45, 2.75) is 174 Å². The summed E-state index contributed by atoms with van der Waals surface area (Å²) in [6.07, 6.45) is 37.8. The number of carbonyl (C=O) groups excluding carboxylic acids is 1. The Morgan fingerprint density at radius 1 is 0.673 bits per heavy atom. The fourth-order valence-electron chi connectivity index (χ4n) is 5.33. The number of carbonyl (C=O) groups is 1. The van der Waals surface area contributed by atoms with Crippen LogP contribution in [0.3, 0.4) is 0 Å². The predicted molar refractivity (Wildman–Crippen MR) is 208 cm³/mol. The van der Waals surface area contributed by atoms with Crippen LogP contribution in [0.4, 0.5) is 0 Å². The second-order valence-electron chi connectivity index (χ2n) is 14.6. The number of aliphatic hydroxyl groups excluding tert-OH is 1. The molecule has 0 radical (unpaired) electrons. The molecule has 9 heteroatoms. The maximum atomic E-state index is 12.8. The van der Waals surface area contributed by atoms with E-state index in [1.54, 1.807) is 6.08 Å². The summed E-state index contributed by atoms with van der Waals surface area (Å²) in [4.78, 5) is 23.0. The monoisotopic (exact) mass is 714 g/mol. The molecule has 0 bridgehead atoms. The van der Waals surface area contributed by atoms with Gasteiger partial charge in [0.1, 0.15) is 13.2 Å². The topological polar surface area (TPSA) is 105 Å². The van der Waals surface area contributed by atoms with Crippen molar-refractivity contribution in [1.29, 1.82) is 0 Å². The van der Waals surface area contributed by atoms with Gasteiger partial charge in [0, 0.05) is 6.42 Å². The first kappa shape index (κ1) is 47.7. The van der Waals surface area contributed by atoms with Crippen molar-refractivity contribution in [1.82, 2.24) is 5.32 Å². The number of phosphoric acid groups is 1. The maximum Gasteiger partial charge on any atom is 0.472 e. The SMILES string of the molecule is CCCC/C=C\CCCCCCCC(=O)NC(COP(=O)(O)OCC[N+](C)(C)C)C(O)/C=C/CC/C=C/CCCCCCCCCCCC. The first-order valence-corrected chi connectivity index (χ1v) is 21.4. The quantitative estimate of drug-likeness (QED) is 0.0261. The average Bonchev–Trinajstić information content (AvgIpc) is 3.04. The number of nitrogens with one attached hydrogen (secondary N) is 1. The van der Waals surface area contributed by atoms with Gasteiger partial charge >= 0.3 is 7.82 Å². The predicted octanol–water partition coefficient (Wildman–Crippen LogP) is 10.4. The van der Waals surface area contributed by atoms with Crippen molar-refractivity contribution in [2.24, 2.45) is 0 Å². The van der Waals surface area contributed by atoms with Crippen molar-refractivity contribution in [3.8, 4) is 0 Å². The first-order valence-electron chi connectivity index (χ1n) is 19.9. The maximum absolute atomic E-state index is 12.8. The highest BCUT2D eigenvalue weighted by atomic mass is 31.2. The van der Waals surface area contributed by atoms with Gasteiger partial charge in [-0.15, -0.1) is 0 Å². The van der Waals surface area contributed by atoms with Gasteiger partial charge in [-0.25, -0.2) is 4.57 Å². The second-order valence-corrected chi connectivity index (χ2v) is 16.1. The summed E-state index contributed by atoms with van der Waals surface area (Å²) >= 11 is 0. The molecule has 0 rings (SSSR count). The van der Waals surface area contributed by atoms with Crippen LogP contribution in [0.2, 0.25) is 0 Å². The number of hydrogen-bond donors (Lipinski definition) is 3. The van der Waals surface area contributed by atoms with Crippen LogP contribution in [0.1, 0.15) is 162 Å². The Hall–Kier alpha value is -1.28. The minimum atomic E-state index is -4.34. The lowest BCUT2D eigenvalue weighted by molar-refractivity contribution is -0.870. The smallest absolute Gasteiger partial charge is 0.387 e. The number of rotatable bonds is 35. The van der Waals surface area contributed by atoms with E-state index in [2.05, 4.69) is 43.5 Å². The van der Waals surface area contributed by atoms with Gasteiger partial charge < -0.3 is 19.8 Å². The third-order valence-electron chi connectivity index (χ3n) is 8.58. The number of hydrogen-bond acceptors (Lipinski definition) is 5. The number of phosphoric ester groups is 1. The molecular formula is C40H78N2O6P+. The van der Waals surface area contributed by atoms with Gasteiger partial charge in [-0.05, 0) is 51.4 Å². The number of likely N-dealkylation sites (N-methyl/N-ethyl adjacent to an activating group) is 1. The Morgan fingerprint density at radius 2 is 1.14 bits per heavy atom. The van der Waals surface area contributed by atoms with Gasteiger partial charge in [0.25, 0.3) is 0 Å². The summed E-state index contributed by atoms with van der Waals surface area (Å²) in [7, 11) is 1.54. The fraction of sp³-hybridized carbons (Fsp3) is 0.825. The number of aliphatic hydroxyl groups is 1. The standard InChI is InChI=1S/C40H77N2O6P/c1-6-8-10-12-14-16-18-19-20-21-22-24-25-27-29-31-33-39(43)38(37-48-49(45,46)47-36-35-42(3,4)5)41-40(44)34-32-30-28-26-23-17-15-13-11-9-7-2/h13,15,24-25,31,33,38-39,43H,6-12,14,16-23,26-30,32,34-37H2,1-5H3,(H-,41,44,45,46)/p+1/b15-13-,25-24+,33-31+. The average molecular weight is 714 g/mol. The summed E-state index contributed by atoms with van der Waals surface area (Å²) in [6, 6.07) is -0.863. The normalized spacial score (nSPS) is 15.0. The molecule has 0 saturated carbocycles. The van der Waals surface area contributed by atoms with E-state index >= 15 is 0 Å². The van der Waals surface area contributed by atoms with E-state index in [0.717, 1.165) is 51.4 Å². The summed E-state index contributed by atoms with van der Waals surface area (Å²) in [5, 5.41) is 13.7. The number of unbranched alkanes of at least 4 members (excludes halogenated alkanes) is 18. The Kier molecular flexibility index (Phi) is 31.8. The second kappa shape index (κ2) is 32.6. The van der Waals surface area contributed by atoms with E-state index < -0.39 is 20.0 Å². The van der Waals surface area contributed by atoms with E-state index in [9.17, 15) is 19.4 Å². The molecule has 8 nitrogen and oxygen atoms in total. The van der Waals surface area contributed by atoms with Gasteiger partial charge in [-0.3, -0.25) is 13.8 Å². The zero-order valence-electron chi connectivity index (χ0n) is 32.4. The Labute approximate surface area is 302 Å². The van der Waals surface area contributed by atoms with Crippen LogP contribution >= 0.6 is 7.82 Å². The molecule has 0 aromatic rings. The number of quaternary nitrogens is 1. The third-order valence-corrected chi connectivity index (χ3v) is 9.57. The molecule has 0 aromatic heterocycles. The molecule has 0 aliphatic rings. The van der Waals surface area contributed by atoms with Crippen molar-refractivity contribution in [3.63, 3.8) is 0 Å².